The summed E-state index contributed by atoms with van der Waals surface area (Å²) in [4.78, 5) is 44.2. The number of hydrogen-bond acceptors (Lipinski definition) is 7. The molecule has 0 aliphatic rings. The Morgan fingerprint density at radius 3 is 1.83 bits per heavy atom. The minimum Gasteiger partial charge on any atom is -0.388 e. The standard InChI is InChI=1S/C5H12O11P2/c6-2(1-16-18(13,14)15)3(7)4(8)5(9)17(10,11)12/h2-4,6-8H,1H2,(H2,10,11,12)(H2,13,14,15)/t2-,3-,4-/m1/s1. The van der Waals surface area contributed by atoms with Gasteiger partial charge in [-0.3, -0.25) is 13.9 Å². The van der Waals surface area contributed by atoms with Gasteiger partial charge >= 0.3 is 15.4 Å². The van der Waals surface area contributed by atoms with E-state index in [-0.39, 0.29) is 0 Å². The molecule has 0 spiro atoms. The van der Waals surface area contributed by atoms with Gasteiger partial charge in [-0.15, -0.1) is 0 Å². The summed E-state index contributed by atoms with van der Waals surface area (Å²) in [6, 6.07) is 0. The minimum atomic E-state index is -5.31. The molecule has 0 aromatic carbocycles. The second-order valence-corrected chi connectivity index (χ2v) is 5.94. The van der Waals surface area contributed by atoms with Gasteiger partial charge in [-0.1, -0.05) is 0 Å². The van der Waals surface area contributed by atoms with Crippen LogP contribution >= 0.6 is 15.4 Å². The second kappa shape index (κ2) is 6.31. The van der Waals surface area contributed by atoms with Gasteiger partial charge in [0.05, 0.1) is 6.61 Å². The van der Waals surface area contributed by atoms with E-state index in [0.717, 1.165) is 0 Å². The molecule has 108 valence electrons. The van der Waals surface area contributed by atoms with E-state index < -0.39 is 45.9 Å². The summed E-state index contributed by atoms with van der Waals surface area (Å²) < 4.78 is 24.5. The number of rotatable bonds is 7. The maximum atomic E-state index is 10.8. The maximum absolute atomic E-state index is 10.8. The second-order valence-electron chi connectivity index (χ2n) is 3.17. The molecule has 0 heterocycles. The van der Waals surface area contributed by atoms with Crippen LogP contribution in [0.1, 0.15) is 0 Å². The van der Waals surface area contributed by atoms with Gasteiger partial charge in [-0.25, -0.2) is 4.57 Å². The predicted molar refractivity (Wildman–Crippen MR) is 53.1 cm³/mol. The summed E-state index contributed by atoms with van der Waals surface area (Å²) >= 11 is 0. The third-order valence-corrected chi connectivity index (χ3v) is 3.00. The molecule has 7 N–H and O–H groups in total. The normalized spacial score (nSPS) is 18.2. The van der Waals surface area contributed by atoms with E-state index >= 15 is 0 Å². The number of aliphatic hydroxyl groups excluding tert-OH is 3. The van der Waals surface area contributed by atoms with E-state index in [0.29, 0.717) is 0 Å². The van der Waals surface area contributed by atoms with Crippen molar-refractivity contribution in [1.29, 1.82) is 0 Å². The molecule has 0 aliphatic heterocycles. The predicted octanol–water partition coefficient (Wildman–Crippen LogP) is -3.12. The molecule has 11 nitrogen and oxygen atoms in total. The highest BCUT2D eigenvalue weighted by Gasteiger charge is 2.40. The molecule has 3 atom stereocenters. The van der Waals surface area contributed by atoms with Crippen molar-refractivity contribution in [2.45, 2.75) is 18.3 Å². The summed E-state index contributed by atoms with van der Waals surface area (Å²) in [5.74, 6) is 0. The molecule has 0 saturated carbocycles. The van der Waals surface area contributed by atoms with Crippen molar-refractivity contribution in [1.82, 2.24) is 0 Å². The smallest absolute Gasteiger partial charge is 0.388 e. The fourth-order valence-electron chi connectivity index (χ4n) is 0.801. The van der Waals surface area contributed by atoms with E-state index in [1.165, 1.54) is 0 Å². The van der Waals surface area contributed by atoms with Gasteiger partial charge in [0, 0.05) is 0 Å². The molecule has 0 unspecified atom stereocenters. The van der Waals surface area contributed by atoms with Crippen LogP contribution in [0.5, 0.6) is 0 Å². The number of phosphoric ester groups is 1. The number of carbonyl (C=O) groups is 1. The van der Waals surface area contributed by atoms with Crippen LogP contribution in [0.25, 0.3) is 0 Å². The quantitative estimate of drug-likeness (QED) is 0.234. The van der Waals surface area contributed by atoms with Gasteiger partial charge < -0.3 is 34.9 Å². The fraction of sp³-hybridized carbons (Fsp3) is 0.800. The summed E-state index contributed by atoms with van der Waals surface area (Å²) in [5, 5.41) is 27.2. The average molecular weight is 310 g/mol. The number of phosphoric acid groups is 1. The van der Waals surface area contributed by atoms with E-state index in [4.69, 9.17) is 34.9 Å². The summed E-state index contributed by atoms with van der Waals surface area (Å²) in [6.45, 7) is -1.16. The maximum Gasteiger partial charge on any atom is 0.469 e. The molecule has 0 bridgehead atoms. The zero-order valence-corrected chi connectivity index (χ0v) is 10.4. The lowest BCUT2D eigenvalue weighted by atomic mass is 10.1. The molecule has 0 saturated heterocycles. The van der Waals surface area contributed by atoms with Crippen LogP contribution in [0.4, 0.5) is 0 Å². The first-order valence-electron chi connectivity index (χ1n) is 4.20. The molecule has 0 aromatic rings. The molecule has 0 radical (unpaired) electrons. The van der Waals surface area contributed by atoms with Crippen LogP contribution in [-0.2, 0) is 18.4 Å². The Hall–Kier alpha value is -0.190. The van der Waals surface area contributed by atoms with Crippen LogP contribution in [0.15, 0.2) is 0 Å². The van der Waals surface area contributed by atoms with E-state index in [1.807, 2.05) is 0 Å². The lowest BCUT2D eigenvalue weighted by molar-refractivity contribution is -0.133. The SMILES string of the molecule is O=C([C@H](O)[C@H](O)[C@H](O)COP(=O)(O)O)P(=O)(O)O. The van der Waals surface area contributed by atoms with Crippen LogP contribution in [0, 0.1) is 0 Å². The highest BCUT2D eigenvalue weighted by molar-refractivity contribution is 7.70. The summed E-state index contributed by atoms with van der Waals surface area (Å²) in [7, 11) is -10.2. The van der Waals surface area contributed by atoms with Gasteiger partial charge in [0.1, 0.15) is 12.2 Å². The van der Waals surface area contributed by atoms with Crippen LogP contribution in [0.3, 0.4) is 0 Å². The van der Waals surface area contributed by atoms with E-state index in [2.05, 4.69) is 4.52 Å². The van der Waals surface area contributed by atoms with E-state index in [9.17, 15) is 13.9 Å². The zero-order valence-electron chi connectivity index (χ0n) is 8.60. The third kappa shape index (κ3) is 6.12. The minimum absolute atomic E-state index is 1.16. The lowest BCUT2D eigenvalue weighted by Gasteiger charge is -2.22. The fourth-order valence-corrected chi connectivity index (χ4v) is 1.65. The largest absolute Gasteiger partial charge is 0.469 e. The Kier molecular flexibility index (Phi) is 6.24. The van der Waals surface area contributed by atoms with Gasteiger partial charge in [-0.2, -0.15) is 0 Å². The van der Waals surface area contributed by atoms with Crippen molar-refractivity contribution in [2.75, 3.05) is 6.61 Å². The van der Waals surface area contributed by atoms with Gasteiger partial charge in [-0.05, 0) is 0 Å². The molecule has 0 amide bonds. The Balaban J connectivity index is 4.56. The first-order chi connectivity index (χ1) is 7.86. The van der Waals surface area contributed by atoms with Gasteiger partial charge in [0.2, 0.25) is 0 Å². The molecule has 18 heavy (non-hydrogen) atoms. The van der Waals surface area contributed by atoms with Crippen LogP contribution in [-0.4, -0.2) is 65.3 Å². The first kappa shape index (κ1) is 17.8. The monoisotopic (exact) mass is 310 g/mol. The third-order valence-electron chi connectivity index (χ3n) is 1.67. The van der Waals surface area contributed by atoms with Gasteiger partial charge in [0.15, 0.2) is 6.10 Å². The Morgan fingerprint density at radius 2 is 1.50 bits per heavy atom. The molecular formula is C5H12O11P2. The van der Waals surface area contributed by atoms with Crippen molar-refractivity contribution in [3.63, 3.8) is 0 Å². The Labute approximate surface area is 100 Å². The highest BCUT2D eigenvalue weighted by Crippen LogP contribution is 2.38. The highest BCUT2D eigenvalue weighted by atomic mass is 31.2. The molecule has 0 aliphatic carbocycles. The van der Waals surface area contributed by atoms with Crippen molar-refractivity contribution >= 4 is 20.9 Å². The number of hydrogen-bond donors (Lipinski definition) is 7. The molecule has 0 aromatic heterocycles. The van der Waals surface area contributed by atoms with Crippen LogP contribution < -0.4 is 0 Å². The Morgan fingerprint density at radius 1 is 1.06 bits per heavy atom. The average Bonchev–Trinajstić information content (AvgIpc) is 2.20. The zero-order chi connectivity index (χ0) is 14.7. The van der Waals surface area contributed by atoms with Crippen LogP contribution in [0.2, 0.25) is 0 Å². The Bertz CT molecular complexity index is 381. The molecular weight excluding hydrogens is 298 g/mol. The molecule has 0 fully saturated rings. The van der Waals surface area contributed by atoms with Crippen molar-refractivity contribution < 1.29 is 53.3 Å². The van der Waals surface area contributed by atoms with Gasteiger partial charge in [0.25, 0.3) is 5.52 Å². The number of carbonyl (C=O) groups excluding carboxylic acids is 1. The number of aliphatic hydroxyl groups is 3. The van der Waals surface area contributed by atoms with Crippen molar-refractivity contribution in [2.24, 2.45) is 0 Å². The topological polar surface area (TPSA) is 202 Å². The lowest BCUT2D eigenvalue weighted by Crippen LogP contribution is -2.44. The van der Waals surface area contributed by atoms with E-state index in [1.54, 1.807) is 0 Å². The summed E-state index contributed by atoms with van der Waals surface area (Å²) in [6.07, 6.45) is -7.14. The first-order valence-corrected chi connectivity index (χ1v) is 7.34. The van der Waals surface area contributed by atoms with Crippen molar-refractivity contribution in [3.05, 3.63) is 0 Å². The molecule has 13 heteroatoms. The molecule has 0 rings (SSSR count). The van der Waals surface area contributed by atoms with Crippen molar-refractivity contribution in [3.8, 4) is 0 Å². The summed E-state index contributed by atoms with van der Waals surface area (Å²) in [5.41, 5.74) is -2.04.